The van der Waals surface area contributed by atoms with Gasteiger partial charge in [-0.05, 0) is 41.5 Å². The summed E-state index contributed by atoms with van der Waals surface area (Å²) in [6.07, 6.45) is 1.40. The number of nitrogens with one attached hydrogen (secondary N) is 1. The Labute approximate surface area is 156 Å². The molecule has 0 aliphatic rings. The normalized spacial score (nSPS) is 10.4. The molecule has 0 bridgehead atoms. The van der Waals surface area contributed by atoms with Gasteiger partial charge in [0.15, 0.2) is 6.20 Å². The summed E-state index contributed by atoms with van der Waals surface area (Å²) in [5.74, 6) is 0.319. The highest BCUT2D eigenvalue weighted by molar-refractivity contribution is 6.32. The Morgan fingerprint density at radius 2 is 1.92 bits per heavy atom. The summed E-state index contributed by atoms with van der Waals surface area (Å²) in [6.45, 7) is 0.155. The van der Waals surface area contributed by atoms with E-state index in [2.05, 4.69) is 5.32 Å². The van der Waals surface area contributed by atoms with Gasteiger partial charge in [0.1, 0.15) is 12.3 Å². The SMILES string of the molecule is COc1cc(-c2cccc(C(=O)NCc3cccc[n+]3[O-])c2)ccc1Cl. The molecular formula is C20H17ClN2O3. The van der Waals surface area contributed by atoms with Crippen LogP contribution in [0.1, 0.15) is 16.1 Å². The highest BCUT2D eigenvalue weighted by Gasteiger charge is 2.11. The fourth-order valence-electron chi connectivity index (χ4n) is 2.55. The van der Waals surface area contributed by atoms with E-state index in [0.29, 0.717) is 22.0 Å². The Balaban J connectivity index is 1.78. The van der Waals surface area contributed by atoms with Gasteiger partial charge >= 0.3 is 0 Å². The third-order valence-corrected chi connectivity index (χ3v) is 4.26. The van der Waals surface area contributed by atoms with Crippen LogP contribution in [0.25, 0.3) is 11.1 Å². The molecule has 0 atom stereocenters. The molecule has 1 aromatic heterocycles. The quantitative estimate of drug-likeness (QED) is 0.553. The monoisotopic (exact) mass is 368 g/mol. The molecule has 0 fully saturated rings. The van der Waals surface area contributed by atoms with E-state index in [1.54, 1.807) is 43.5 Å². The molecule has 5 nitrogen and oxygen atoms in total. The number of benzene rings is 2. The molecule has 6 heteroatoms. The van der Waals surface area contributed by atoms with Crippen molar-refractivity contribution in [1.29, 1.82) is 0 Å². The summed E-state index contributed by atoms with van der Waals surface area (Å²) in [6, 6.07) is 17.7. The second-order valence-electron chi connectivity index (χ2n) is 5.63. The maximum absolute atomic E-state index is 12.4. The zero-order chi connectivity index (χ0) is 18.5. The van der Waals surface area contributed by atoms with Crippen LogP contribution in [0.3, 0.4) is 0 Å². The second kappa shape index (κ2) is 7.89. The molecule has 0 spiro atoms. The number of carbonyl (C=O) groups is 1. The average Bonchev–Trinajstić information content (AvgIpc) is 2.67. The maximum atomic E-state index is 12.4. The van der Waals surface area contributed by atoms with Gasteiger partial charge < -0.3 is 15.3 Å². The van der Waals surface area contributed by atoms with Crippen LogP contribution in [-0.4, -0.2) is 13.0 Å². The fourth-order valence-corrected chi connectivity index (χ4v) is 2.75. The van der Waals surface area contributed by atoms with Crippen LogP contribution < -0.4 is 14.8 Å². The van der Waals surface area contributed by atoms with E-state index in [-0.39, 0.29) is 12.5 Å². The second-order valence-corrected chi connectivity index (χ2v) is 6.04. The van der Waals surface area contributed by atoms with Gasteiger partial charge in [-0.1, -0.05) is 29.8 Å². The van der Waals surface area contributed by atoms with Crippen molar-refractivity contribution in [3.05, 3.63) is 88.3 Å². The summed E-state index contributed by atoms with van der Waals surface area (Å²) in [7, 11) is 1.56. The molecule has 0 aliphatic heterocycles. The van der Waals surface area contributed by atoms with E-state index in [1.165, 1.54) is 6.20 Å². The number of nitrogens with zero attached hydrogens (tertiary/aromatic N) is 1. The van der Waals surface area contributed by atoms with Gasteiger partial charge in [0.2, 0.25) is 5.69 Å². The van der Waals surface area contributed by atoms with E-state index in [0.717, 1.165) is 15.9 Å². The van der Waals surface area contributed by atoms with Crippen molar-refractivity contribution in [2.24, 2.45) is 0 Å². The molecule has 0 saturated heterocycles. The first-order valence-corrected chi connectivity index (χ1v) is 8.35. The number of amides is 1. The highest BCUT2D eigenvalue weighted by Crippen LogP contribution is 2.30. The topological polar surface area (TPSA) is 65.3 Å². The summed E-state index contributed by atoms with van der Waals surface area (Å²) < 4.78 is 5.97. The fraction of sp³-hybridized carbons (Fsp3) is 0.100. The number of aromatic nitrogens is 1. The van der Waals surface area contributed by atoms with Gasteiger partial charge in [-0.3, -0.25) is 4.79 Å². The largest absolute Gasteiger partial charge is 0.618 e. The van der Waals surface area contributed by atoms with E-state index in [1.807, 2.05) is 24.3 Å². The molecule has 3 aromatic rings. The van der Waals surface area contributed by atoms with Gasteiger partial charge in [-0.2, -0.15) is 4.73 Å². The van der Waals surface area contributed by atoms with Crippen LogP contribution in [0.15, 0.2) is 66.9 Å². The predicted molar refractivity (Wildman–Crippen MR) is 100 cm³/mol. The van der Waals surface area contributed by atoms with Crippen molar-refractivity contribution in [2.75, 3.05) is 7.11 Å². The summed E-state index contributed by atoms with van der Waals surface area (Å²) >= 11 is 6.06. The number of hydrogen-bond donors (Lipinski definition) is 1. The van der Waals surface area contributed by atoms with Crippen molar-refractivity contribution in [3.63, 3.8) is 0 Å². The van der Waals surface area contributed by atoms with Gasteiger partial charge in [-0.25, -0.2) is 0 Å². The first kappa shape index (κ1) is 17.8. The van der Waals surface area contributed by atoms with Crippen LogP contribution in [0.5, 0.6) is 5.75 Å². The number of carbonyl (C=O) groups excluding carboxylic acids is 1. The Kier molecular flexibility index (Phi) is 5.39. The summed E-state index contributed by atoms with van der Waals surface area (Å²) in [5, 5.41) is 14.9. The van der Waals surface area contributed by atoms with Crippen LogP contribution in [0, 0.1) is 5.21 Å². The number of methoxy groups -OCH3 is 1. The lowest BCUT2D eigenvalue weighted by molar-refractivity contribution is -0.614. The Morgan fingerprint density at radius 3 is 2.69 bits per heavy atom. The standard InChI is InChI=1S/C20H17ClN2O3/c1-26-19-12-15(8-9-18(19)21)14-5-4-6-16(11-14)20(24)22-13-17-7-2-3-10-23(17)25/h2-12H,13H2,1H3,(H,22,24). The van der Waals surface area contributed by atoms with Gasteiger partial charge in [0, 0.05) is 17.7 Å². The van der Waals surface area contributed by atoms with E-state index in [4.69, 9.17) is 16.3 Å². The minimum Gasteiger partial charge on any atom is -0.618 e. The zero-order valence-corrected chi connectivity index (χ0v) is 14.9. The van der Waals surface area contributed by atoms with Crippen LogP contribution in [-0.2, 0) is 6.54 Å². The molecule has 1 heterocycles. The van der Waals surface area contributed by atoms with Crippen molar-refractivity contribution in [1.82, 2.24) is 5.32 Å². The summed E-state index contributed by atoms with van der Waals surface area (Å²) in [4.78, 5) is 12.4. The van der Waals surface area contributed by atoms with Crippen molar-refractivity contribution in [3.8, 4) is 16.9 Å². The Bertz CT molecular complexity index is 944. The van der Waals surface area contributed by atoms with E-state index >= 15 is 0 Å². The Hall–Kier alpha value is -3.05. The number of pyridine rings is 1. The molecule has 26 heavy (non-hydrogen) atoms. The average molecular weight is 369 g/mol. The predicted octanol–water partition coefficient (Wildman–Crippen LogP) is 3.58. The first-order valence-electron chi connectivity index (χ1n) is 7.98. The maximum Gasteiger partial charge on any atom is 0.251 e. The third kappa shape index (κ3) is 3.95. The van der Waals surface area contributed by atoms with Crippen LogP contribution >= 0.6 is 11.6 Å². The van der Waals surface area contributed by atoms with E-state index < -0.39 is 0 Å². The molecule has 0 radical (unpaired) electrons. The van der Waals surface area contributed by atoms with Gasteiger partial charge in [0.25, 0.3) is 5.91 Å². The van der Waals surface area contributed by atoms with Crippen LogP contribution in [0.4, 0.5) is 0 Å². The lowest BCUT2D eigenvalue weighted by Crippen LogP contribution is -2.35. The minimum absolute atomic E-state index is 0.155. The molecule has 2 aromatic carbocycles. The number of halogens is 1. The van der Waals surface area contributed by atoms with Gasteiger partial charge in [-0.15, -0.1) is 0 Å². The van der Waals surface area contributed by atoms with Crippen molar-refractivity contribution < 1.29 is 14.3 Å². The number of ether oxygens (including phenoxy) is 1. The third-order valence-electron chi connectivity index (χ3n) is 3.94. The molecule has 1 N–H and O–H groups in total. The summed E-state index contributed by atoms with van der Waals surface area (Å²) in [5.41, 5.74) is 2.73. The smallest absolute Gasteiger partial charge is 0.251 e. The highest BCUT2D eigenvalue weighted by atomic mass is 35.5. The molecule has 1 amide bonds. The molecule has 132 valence electrons. The molecule has 0 unspecified atom stereocenters. The molecule has 0 saturated carbocycles. The lowest BCUT2D eigenvalue weighted by Gasteiger charge is -2.09. The zero-order valence-electron chi connectivity index (χ0n) is 14.1. The Morgan fingerprint density at radius 1 is 1.12 bits per heavy atom. The van der Waals surface area contributed by atoms with E-state index in [9.17, 15) is 10.0 Å². The van der Waals surface area contributed by atoms with Crippen molar-refractivity contribution in [2.45, 2.75) is 6.54 Å². The van der Waals surface area contributed by atoms with Crippen molar-refractivity contribution >= 4 is 17.5 Å². The lowest BCUT2D eigenvalue weighted by atomic mass is 10.0. The molecule has 0 aliphatic carbocycles. The molecule has 3 rings (SSSR count). The van der Waals surface area contributed by atoms with Gasteiger partial charge in [0.05, 0.1) is 12.1 Å². The first-order chi connectivity index (χ1) is 12.6. The number of hydrogen-bond acceptors (Lipinski definition) is 3. The minimum atomic E-state index is -0.253. The number of rotatable bonds is 5. The van der Waals surface area contributed by atoms with Crippen LogP contribution in [0.2, 0.25) is 5.02 Å². The molecular weight excluding hydrogens is 352 g/mol.